The molecule has 0 aliphatic carbocycles. The van der Waals surface area contributed by atoms with E-state index in [0.29, 0.717) is 12.8 Å². The number of ether oxygens (including phenoxy) is 1. The Morgan fingerprint density at radius 2 is 1.69 bits per heavy atom. The van der Waals surface area contributed by atoms with Gasteiger partial charge < -0.3 is 14.7 Å². The highest BCUT2D eigenvalue weighted by Crippen LogP contribution is 2.32. The number of rotatable bonds is 6. The molecular weight excluding hydrogens is 453 g/mol. The molecule has 1 atom stereocenters. The maximum absolute atomic E-state index is 13.1. The minimum atomic E-state index is -4.44. The van der Waals surface area contributed by atoms with Gasteiger partial charge in [0.1, 0.15) is 11.9 Å². The lowest BCUT2D eigenvalue weighted by Crippen LogP contribution is -2.42. The van der Waals surface area contributed by atoms with Crippen molar-refractivity contribution in [2.75, 3.05) is 13.1 Å². The van der Waals surface area contributed by atoms with Crippen molar-refractivity contribution < 1.29 is 41.1 Å². The van der Waals surface area contributed by atoms with Crippen LogP contribution in [0.25, 0.3) is 0 Å². The number of benzene rings is 2. The Morgan fingerprint density at radius 3 is 2.25 bits per heavy atom. The number of hydrogen-bond donors (Lipinski definition) is 2. The number of aliphatic hydroxyl groups is 1. The third-order valence-electron chi connectivity index (χ3n) is 5.06. The summed E-state index contributed by atoms with van der Waals surface area (Å²) in [6.07, 6.45) is -6.09. The van der Waals surface area contributed by atoms with Gasteiger partial charge in [-0.2, -0.15) is 23.4 Å². The van der Waals surface area contributed by atoms with Crippen molar-refractivity contribution in [3.05, 3.63) is 59.7 Å². The predicted octanol–water partition coefficient (Wildman–Crippen LogP) is 2.39. The zero-order valence-corrected chi connectivity index (χ0v) is 17.5. The van der Waals surface area contributed by atoms with E-state index in [-0.39, 0.29) is 35.4 Å². The maximum Gasteiger partial charge on any atom is 0.416 e. The van der Waals surface area contributed by atoms with Crippen LogP contribution >= 0.6 is 0 Å². The van der Waals surface area contributed by atoms with Crippen molar-refractivity contribution in [1.82, 2.24) is 4.31 Å². The number of aliphatic hydroxyl groups excluding tert-OH is 1. The van der Waals surface area contributed by atoms with Crippen LogP contribution in [0.15, 0.2) is 53.4 Å². The van der Waals surface area contributed by atoms with E-state index in [9.17, 15) is 31.5 Å². The van der Waals surface area contributed by atoms with Crippen molar-refractivity contribution >= 4 is 16.0 Å². The molecule has 1 unspecified atom stereocenters. The number of nitrogens with two attached hydrogens (primary N) is 1. The Bertz CT molecular complexity index is 1050. The van der Waals surface area contributed by atoms with Crippen LogP contribution in [0.1, 0.15) is 30.1 Å². The van der Waals surface area contributed by atoms with Crippen LogP contribution < -0.4 is 10.6 Å². The van der Waals surface area contributed by atoms with Crippen molar-refractivity contribution in [1.29, 1.82) is 0 Å². The zero-order valence-electron chi connectivity index (χ0n) is 16.7. The molecule has 174 valence electrons. The Hall–Kier alpha value is -2.67. The molecule has 8 nitrogen and oxygen atoms in total. The van der Waals surface area contributed by atoms with Crippen molar-refractivity contribution in [2.45, 2.75) is 36.1 Å². The molecule has 1 heterocycles. The number of sulfonamides is 1. The van der Waals surface area contributed by atoms with E-state index >= 15 is 0 Å². The zero-order chi connectivity index (χ0) is 23.5. The molecule has 1 fully saturated rings. The SMILES string of the molecule is NOC(=O)C(O)c1ccccc1S(=O)(=O)N1CCC(Oc2ccc(C(F)(F)F)cc2)CC1. The smallest absolute Gasteiger partial charge is 0.416 e. The third kappa shape index (κ3) is 5.21. The normalized spacial score (nSPS) is 17.0. The predicted molar refractivity (Wildman–Crippen MR) is 106 cm³/mol. The summed E-state index contributed by atoms with van der Waals surface area (Å²) in [6.45, 7) is 0.165. The fourth-order valence-electron chi connectivity index (χ4n) is 3.38. The molecule has 0 saturated carbocycles. The molecule has 1 aliphatic rings. The summed E-state index contributed by atoms with van der Waals surface area (Å²) in [5, 5.41) is 10.1. The van der Waals surface area contributed by atoms with Crippen LogP contribution in [0.2, 0.25) is 0 Å². The minimum absolute atomic E-state index is 0.0827. The molecule has 12 heteroatoms. The van der Waals surface area contributed by atoms with Gasteiger partial charge in [0.2, 0.25) is 10.0 Å². The third-order valence-corrected chi connectivity index (χ3v) is 7.03. The summed E-state index contributed by atoms with van der Waals surface area (Å²) in [5.41, 5.74) is -0.948. The van der Waals surface area contributed by atoms with E-state index in [2.05, 4.69) is 4.84 Å². The van der Waals surface area contributed by atoms with E-state index in [1.807, 2.05) is 0 Å². The average molecular weight is 474 g/mol. The van der Waals surface area contributed by atoms with E-state index < -0.39 is 33.8 Å². The highest BCUT2D eigenvalue weighted by Gasteiger charge is 2.34. The Balaban J connectivity index is 1.68. The van der Waals surface area contributed by atoms with Crippen molar-refractivity contribution in [3.8, 4) is 5.75 Å². The summed E-state index contributed by atoms with van der Waals surface area (Å²) in [5.74, 6) is 3.84. The molecule has 0 radical (unpaired) electrons. The average Bonchev–Trinajstić information content (AvgIpc) is 2.78. The highest BCUT2D eigenvalue weighted by molar-refractivity contribution is 7.89. The minimum Gasteiger partial charge on any atom is -0.490 e. The Morgan fingerprint density at radius 1 is 1.09 bits per heavy atom. The van der Waals surface area contributed by atoms with Crippen LogP contribution in [0.4, 0.5) is 13.2 Å². The lowest BCUT2D eigenvalue weighted by atomic mass is 10.1. The van der Waals surface area contributed by atoms with Crippen LogP contribution in [-0.2, 0) is 25.8 Å². The number of alkyl halides is 3. The van der Waals surface area contributed by atoms with E-state index in [4.69, 9.17) is 10.6 Å². The Kier molecular flexibility index (Phi) is 7.08. The van der Waals surface area contributed by atoms with Gasteiger partial charge >= 0.3 is 12.1 Å². The molecule has 0 aromatic heterocycles. The van der Waals surface area contributed by atoms with Gasteiger partial charge in [-0.15, -0.1) is 0 Å². The molecule has 2 aromatic rings. The summed E-state index contributed by atoms with van der Waals surface area (Å²) in [6, 6.07) is 9.76. The van der Waals surface area contributed by atoms with Crippen LogP contribution in [0.5, 0.6) is 5.75 Å². The first-order chi connectivity index (χ1) is 15.0. The largest absolute Gasteiger partial charge is 0.490 e. The van der Waals surface area contributed by atoms with Crippen LogP contribution in [-0.4, -0.2) is 43.0 Å². The van der Waals surface area contributed by atoms with Gasteiger partial charge in [0.05, 0.1) is 10.5 Å². The quantitative estimate of drug-likeness (QED) is 0.617. The number of hydrogen-bond acceptors (Lipinski definition) is 7. The maximum atomic E-state index is 13.1. The first kappa shape index (κ1) is 24.0. The van der Waals surface area contributed by atoms with Gasteiger partial charge in [-0.3, -0.25) is 0 Å². The molecule has 0 spiro atoms. The number of piperidine rings is 1. The van der Waals surface area contributed by atoms with Gasteiger partial charge in [0.25, 0.3) is 0 Å². The molecule has 0 amide bonds. The summed E-state index contributed by atoms with van der Waals surface area (Å²) in [4.78, 5) is 15.3. The monoisotopic (exact) mass is 474 g/mol. The van der Waals surface area contributed by atoms with Crippen molar-refractivity contribution in [3.63, 3.8) is 0 Å². The number of carbonyl (C=O) groups is 1. The molecule has 2 aromatic carbocycles. The van der Waals surface area contributed by atoms with E-state index in [0.717, 1.165) is 12.1 Å². The molecule has 0 bridgehead atoms. The highest BCUT2D eigenvalue weighted by atomic mass is 32.2. The van der Waals surface area contributed by atoms with Crippen molar-refractivity contribution in [2.24, 2.45) is 5.90 Å². The second kappa shape index (κ2) is 9.45. The molecule has 3 N–H and O–H groups in total. The molecule has 3 rings (SSSR count). The first-order valence-electron chi connectivity index (χ1n) is 9.55. The molecule has 1 saturated heterocycles. The summed E-state index contributed by atoms with van der Waals surface area (Å²) < 4.78 is 71.1. The van der Waals surface area contributed by atoms with Gasteiger partial charge in [-0.25, -0.2) is 13.2 Å². The standard InChI is InChI=1S/C20H21F3N2O6S/c21-20(22,23)13-5-7-14(8-6-13)30-15-9-11-25(12-10-15)32(28,29)17-4-2-1-3-16(17)18(26)19(27)31-24/h1-8,15,18,26H,9-12,24H2. The summed E-state index contributed by atoms with van der Waals surface area (Å²) in [7, 11) is -4.05. The van der Waals surface area contributed by atoms with Gasteiger partial charge in [0.15, 0.2) is 6.10 Å². The fourth-order valence-corrected chi connectivity index (χ4v) is 5.07. The van der Waals surface area contributed by atoms with Gasteiger partial charge in [-0.05, 0) is 43.2 Å². The second-order valence-electron chi connectivity index (χ2n) is 7.12. The lowest BCUT2D eigenvalue weighted by Gasteiger charge is -2.32. The molecule has 32 heavy (non-hydrogen) atoms. The molecular formula is C20H21F3N2O6S. The van der Waals surface area contributed by atoms with Gasteiger partial charge in [-0.1, -0.05) is 18.2 Å². The first-order valence-corrected chi connectivity index (χ1v) is 11.0. The van der Waals surface area contributed by atoms with Crippen LogP contribution in [0, 0.1) is 0 Å². The lowest BCUT2D eigenvalue weighted by molar-refractivity contribution is -0.154. The van der Waals surface area contributed by atoms with E-state index in [1.54, 1.807) is 0 Å². The fraction of sp³-hybridized carbons (Fsp3) is 0.350. The Labute approximate surface area is 182 Å². The summed E-state index contributed by atoms with van der Waals surface area (Å²) >= 11 is 0. The molecule has 1 aliphatic heterocycles. The second-order valence-corrected chi connectivity index (χ2v) is 9.03. The van der Waals surface area contributed by atoms with Crippen LogP contribution in [0.3, 0.4) is 0 Å². The van der Waals surface area contributed by atoms with Gasteiger partial charge in [0, 0.05) is 18.7 Å². The number of nitrogens with zero attached hydrogens (tertiary/aromatic N) is 1. The topological polar surface area (TPSA) is 119 Å². The number of halogens is 3. The van der Waals surface area contributed by atoms with E-state index in [1.165, 1.54) is 40.7 Å². The number of carbonyl (C=O) groups excluding carboxylic acids is 1.